The molecule has 1 saturated heterocycles. The van der Waals surface area contributed by atoms with Gasteiger partial charge < -0.3 is 19.9 Å². The second-order valence-corrected chi connectivity index (χ2v) is 6.24. The maximum atomic E-state index is 15.2. The molecule has 2 N–H and O–H groups in total. The molecule has 1 aromatic rings. The van der Waals surface area contributed by atoms with Crippen LogP contribution in [0, 0.1) is 0 Å². The number of anilines is 1. The van der Waals surface area contributed by atoms with Crippen LogP contribution < -0.4 is 11.4 Å². The smallest absolute Gasteiger partial charge is 0.351 e. The lowest BCUT2D eigenvalue weighted by Gasteiger charge is -2.31. The molecule has 0 aliphatic carbocycles. The number of esters is 2. The van der Waals surface area contributed by atoms with E-state index in [0.717, 1.165) is 4.57 Å². The number of hydrogen-bond acceptors (Lipinski definition) is 8. The van der Waals surface area contributed by atoms with E-state index in [4.69, 9.17) is 31.5 Å². The Bertz CT molecular complexity index is 760. The van der Waals surface area contributed by atoms with Gasteiger partial charge in [-0.1, -0.05) is 13.8 Å². The molecule has 1 fully saturated rings. The van der Waals surface area contributed by atoms with E-state index in [1.807, 2.05) is 0 Å². The molecule has 0 spiro atoms. The van der Waals surface area contributed by atoms with Gasteiger partial charge in [0.1, 0.15) is 12.4 Å². The van der Waals surface area contributed by atoms with Gasteiger partial charge in [-0.3, -0.25) is 14.2 Å². The van der Waals surface area contributed by atoms with Gasteiger partial charge in [-0.15, -0.1) is 11.6 Å². The Labute approximate surface area is 159 Å². The van der Waals surface area contributed by atoms with Gasteiger partial charge in [0, 0.05) is 19.0 Å². The lowest BCUT2D eigenvalue weighted by molar-refractivity contribution is -0.173. The van der Waals surface area contributed by atoms with Gasteiger partial charge in [-0.25, -0.2) is 9.18 Å². The molecule has 1 aromatic heterocycles. The molecule has 0 saturated carbocycles. The first kappa shape index (κ1) is 21.1. The van der Waals surface area contributed by atoms with Crippen molar-refractivity contribution in [3.8, 4) is 0 Å². The predicted octanol–water partition coefficient (Wildman–Crippen LogP) is 0.945. The molecule has 1 unspecified atom stereocenters. The Balaban J connectivity index is 2.40. The topological polar surface area (TPSA) is 123 Å². The van der Waals surface area contributed by atoms with Crippen molar-refractivity contribution in [1.82, 2.24) is 9.55 Å². The first-order chi connectivity index (χ1) is 12.8. The number of rotatable bonds is 7. The maximum Gasteiger partial charge on any atom is 0.351 e. The van der Waals surface area contributed by atoms with E-state index >= 15 is 4.39 Å². The van der Waals surface area contributed by atoms with Gasteiger partial charge in [-0.05, 0) is 6.07 Å². The molecule has 0 bridgehead atoms. The van der Waals surface area contributed by atoms with Gasteiger partial charge >= 0.3 is 17.6 Å². The minimum Gasteiger partial charge on any atom is -0.462 e. The molecule has 0 radical (unpaired) electrons. The van der Waals surface area contributed by atoms with E-state index in [9.17, 15) is 14.4 Å². The summed E-state index contributed by atoms with van der Waals surface area (Å²) in [5.74, 6) is -1.64. The number of alkyl halides is 2. The summed E-state index contributed by atoms with van der Waals surface area (Å²) in [5.41, 5.74) is 2.93. The van der Waals surface area contributed by atoms with E-state index < -0.39 is 48.3 Å². The Kier molecular flexibility index (Phi) is 6.77. The zero-order valence-electron chi connectivity index (χ0n) is 14.9. The fourth-order valence-corrected chi connectivity index (χ4v) is 2.90. The fraction of sp³-hybridized carbons (Fsp3) is 0.625. The maximum absolute atomic E-state index is 15.2. The van der Waals surface area contributed by atoms with Crippen molar-refractivity contribution in [2.75, 3.05) is 18.2 Å². The number of aromatic nitrogens is 2. The van der Waals surface area contributed by atoms with Crippen molar-refractivity contribution in [1.29, 1.82) is 0 Å². The summed E-state index contributed by atoms with van der Waals surface area (Å²) >= 11 is 6.00. The van der Waals surface area contributed by atoms with Crippen LogP contribution in [0.5, 0.6) is 0 Å². The average molecular weight is 406 g/mol. The molecule has 2 rings (SSSR count). The number of nitrogens with two attached hydrogens (primary N) is 1. The number of nitrogens with zero attached hydrogens (tertiary/aromatic N) is 2. The normalized spacial score (nSPS) is 27.3. The van der Waals surface area contributed by atoms with Crippen LogP contribution in [0.25, 0.3) is 0 Å². The predicted molar refractivity (Wildman–Crippen MR) is 92.8 cm³/mol. The molecular weight excluding hydrogens is 385 g/mol. The highest BCUT2D eigenvalue weighted by Gasteiger charge is 2.59. The fourth-order valence-electron chi connectivity index (χ4n) is 2.61. The second kappa shape index (κ2) is 8.66. The number of carbonyl (C=O) groups is 2. The first-order valence-corrected chi connectivity index (χ1v) is 8.89. The zero-order valence-corrected chi connectivity index (χ0v) is 15.6. The van der Waals surface area contributed by atoms with Crippen molar-refractivity contribution in [3.05, 3.63) is 22.7 Å². The van der Waals surface area contributed by atoms with Crippen LogP contribution >= 0.6 is 11.6 Å². The Morgan fingerprint density at radius 2 is 2.07 bits per heavy atom. The molecule has 150 valence electrons. The van der Waals surface area contributed by atoms with E-state index in [1.165, 1.54) is 19.2 Å². The molecule has 0 amide bonds. The molecule has 2 heterocycles. The summed E-state index contributed by atoms with van der Waals surface area (Å²) in [5, 5.41) is 0. The van der Waals surface area contributed by atoms with Crippen LogP contribution in [0.1, 0.15) is 32.9 Å². The number of halogens is 2. The average Bonchev–Trinajstić information content (AvgIpc) is 2.92. The molecule has 1 aliphatic rings. The number of nitrogen functional groups attached to an aromatic ring is 1. The molecule has 27 heavy (non-hydrogen) atoms. The Morgan fingerprint density at radius 3 is 2.63 bits per heavy atom. The van der Waals surface area contributed by atoms with E-state index in [-0.39, 0.29) is 24.5 Å². The van der Waals surface area contributed by atoms with Gasteiger partial charge in [0.2, 0.25) is 0 Å². The summed E-state index contributed by atoms with van der Waals surface area (Å²) < 4.78 is 32.0. The molecule has 4 atom stereocenters. The van der Waals surface area contributed by atoms with E-state index in [2.05, 4.69) is 4.98 Å². The third-order valence-electron chi connectivity index (χ3n) is 4.10. The van der Waals surface area contributed by atoms with Crippen molar-refractivity contribution < 1.29 is 28.2 Å². The van der Waals surface area contributed by atoms with Crippen LogP contribution in [0.2, 0.25) is 0 Å². The van der Waals surface area contributed by atoms with Gasteiger partial charge in [-0.2, -0.15) is 4.98 Å². The lowest BCUT2D eigenvalue weighted by atomic mass is 9.98. The first-order valence-electron chi connectivity index (χ1n) is 8.35. The number of hydrogen-bond donors (Lipinski definition) is 1. The summed E-state index contributed by atoms with van der Waals surface area (Å²) in [6, 6.07) is 1.29. The highest BCUT2D eigenvalue weighted by atomic mass is 35.5. The summed E-state index contributed by atoms with van der Waals surface area (Å²) in [4.78, 5) is 38.9. The zero-order chi connectivity index (χ0) is 20.2. The largest absolute Gasteiger partial charge is 0.462 e. The Hall–Kier alpha value is -2.20. The van der Waals surface area contributed by atoms with Crippen LogP contribution in [-0.4, -0.2) is 51.9 Å². The third-order valence-corrected chi connectivity index (χ3v) is 4.55. The lowest BCUT2D eigenvalue weighted by Crippen LogP contribution is -2.50. The van der Waals surface area contributed by atoms with E-state index in [0.29, 0.717) is 0 Å². The Morgan fingerprint density at radius 1 is 1.41 bits per heavy atom. The summed E-state index contributed by atoms with van der Waals surface area (Å²) in [6.45, 7) is 2.68. The van der Waals surface area contributed by atoms with Crippen LogP contribution in [0.15, 0.2) is 17.1 Å². The van der Waals surface area contributed by atoms with Gasteiger partial charge in [0.15, 0.2) is 24.1 Å². The number of carbonyl (C=O) groups excluding carboxylic acids is 2. The van der Waals surface area contributed by atoms with Crippen LogP contribution in [-0.2, 0) is 23.8 Å². The molecular formula is C16H21ClFN3O6. The highest BCUT2D eigenvalue weighted by molar-refractivity contribution is 6.18. The van der Waals surface area contributed by atoms with Crippen molar-refractivity contribution >= 4 is 29.4 Å². The molecule has 1 aliphatic heterocycles. The summed E-state index contributed by atoms with van der Waals surface area (Å²) in [6.07, 6.45) is -3.64. The standard InChI is InChI=1S/C16H21ClFN3O6/c1-3-10(22)25-8-16(7-17)13(26-11(23)4-2)12(18)14(27-16)21-6-5-9(19)20-15(21)24/h5-6,12-14H,3-4,7-8H2,1-2H3,(H2,19,20,24)/t12-,13+,14?,16-/m1/s1. The van der Waals surface area contributed by atoms with Gasteiger partial charge in [0.25, 0.3) is 0 Å². The van der Waals surface area contributed by atoms with E-state index in [1.54, 1.807) is 6.92 Å². The minimum atomic E-state index is -1.96. The van der Waals surface area contributed by atoms with Gasteiger partial charge in [0.05, 0.1) is 5.88 Å². The SMILES string of the molecule is CCC(=O)OC[C@@]1(CCl)OC(n2ccc(N)nc2=O)[C@H](F)[C@@H]1OC(=O)CC. The molecule has 11 heteroatoms. The van der Waals surface area contributed by atoms with Crippen LogP contribution in [0.4, 0.5) is 10.2 Å². The van der Waals surface area contributed by atoms with Crippen molar-refractivity contribution in [3.63, 3.8) is 0 Å². The van der Waals surface area contributed by atoms with Crippen molar-refractivity contribution in [2.24, 2.45) is 0 Å². The summed E-state index contributed by atoms with van der Waals surface area (Å²) in [7, 11) is 0. The van der Waals surface area contributed by atoms with Crippen molar-refractivity contribution in [2.45, 2.75) is 50.8 Å². The molecule has 0 aromatic carbocycles. The highest BCUT2D eigenvalue weighted by Crippen LogP contribution is 2.41. The second-order valence-electron chi connectivity index (χ2n) is 5.97. The quantitative estimate of drug-likeness (QED) is 0.525. The van der Waals surface area contributed by atoms with Crippen LogP contribution in [0.3, 0.4) is 0 Å². The third kappa shape index (κ3) is 4.38. The monoisotopic (exact) mass is 405 g/mol. The molecule has 9 nitrogen and oxygen atoms in total. The minimum absolute atomic E-state index is 0.00955. The number of ether oxygens (including phenoxy) is 3.